The molecule has 0 spiro atoms. The van der Waals surface area contributed by atoms with Gasteiger partial charge in [-0.25, -0.2) is 4.98 Å². The second-order valence-corrected chi connectivity index (χ2v) is 6.76. The van der Waals surface area contributed by atoms with Gasteiger partial charge in [0, 0.05) is 35.9 Å². The molecule has 108 valence electrons. The van der Waals surface area contributed by atoms with Crippen LogP contribution in [-0.2, 0) is 13.0 Å². The highest BCUT2D eigenvalue weighted by atomic mass is 79.9. The van der Waals surface area contributed by atoms with Crippen molar-refractivity contribution < 1.29 is 0 Å². The van der Waals surface area contributed by atoms with Crippen molar-refractivity contribution in [2.24, 2.45) is 0 Å². The number of hydrogen-bond acceptors (Lipinski definition) is 2. The Morgan fingerprint density at radius 3 is 2.95 bits per heavy atom. The molecule has 3 nitrogen and oxygen atoms in total. The number of aryl methyl sites for hydroxylation is 1. The van der Waals surface area contributed by atoms with E-state index in [0.717, 1.165) is 41.4 Å². The molecule has 0 unspecified atom stereocenters. The van der Waals surface area contributed by atoms with E-state index in [1.165, 1.54) is 18.4 Å². The van der Waals surface area contributed by atoms with Crippen LogP contribution in [0.2, 0.25) is 0 Å². The average Bonchev–Trinajstić information content (AvgIpc) is 3.21. The number of likely N-dealkylation sites (N-methyl/N-ethyl adjacent to an activating group) is 1. The fourth-order valence-electron chi connectivity index (χ4n) is 2.63. The van der Waals surface area contributed by atoms with Crippen molar-refractivity contribution in [3.05, 3.63) is 28.5 Å². The zero-order valence-electron chi connectivity index (χ0n) is 11.6. The third-order valence-electron chi connectivity index (χ3n) is 3.95. The Labute approximate surface area is 133 Å². The zero-order valence-corrected chi connectivity index (χ0v) is 14.0. The monoisotopic (exact) mass is 355 g/mol. The van der Waals surface area contributed by atoms with Gasteiger partial charge in [-0.3, -0.25) is 0 Å². The summed E-state index contributed by atoms with van der Waals surface area (Å²) in [5, 5.41) is 0. The topological polar surface area (TPSA) is 21.1 Å². The van der Waals surface area contributed by atoms with Crippen molar-refractivity contribution in [2.45, 2.75) is 31.8 Å². The Morgan fingerprint density at radius 1 is 1.45 bits per heavy atom. The van der Waals surface area contributed by atoms with E-state index in [4.69, 9.17) is 16.6 Å². The van der Waals surface area contributed by atoms with Gasteiger partial charge in [0.1, 0.15) is 5.82 Å². The molecule has 0 N–H and O–H groups in total. The first-order valence-corrected chi connectivity index (χ1v) is 8.42. The first kappa shape index (κ1) is 14.4. The van der Waals surface area contributed by atoms with Gasteiger partial charge < -0.3 is 9.47 Å². The van der Waals surface area contributed by atoms with E-state index < -0.39 is 0 Å². The Hall–Kier alpha value is -0.580. The van der Waals surface area contributed by atoms with Crippen LogP contribution in [0, 0.1) is 0 Å². The van der Waals surface area contributed by atoms with Gasteiger partial charge in [0.15, 0.2) is 0 Å². The number of hydrogen-bond donors (Lipinski definition) is 0. The number of imidazole rings is 1. The number of benzene rings is 1. The summed E-state index contributed by atoms with van der Waals surface area (Å²) in [4.78, 5) is 7.17. The van der Waals surface area contributed by atoms with E-state index in [9.17, 15) is 0 Å². The molecule has 0 radical (unpaired) electrons. The Bertz CT molecular complexity index is 606. The number of halogens is 2. The minimum Gasteiger partial charge on any atom is -0.327 e. The molecule has 0 bridgehead atoms. The summed E-state index contributed by atoms with van der Waals surface area (Å²) in [5.41, 5.74) is 2.26. The van der Waals surface area contributed by atoms with Crippen LogP contribution in [0.5, 0.6) is 0 Å². The van der Waals surface area contributed by atoms with E-state index in [-0.39, 0.29) is 0 Å². The van der Waals surface area contributed by atoms with Crippen molar-refractivity contribution in [2.75, 3.05) is 19.5 Å². The number of nitrogens with zero attached hydrogens (tertiary/aromatic N) is 3. The lowest BCUT2D eigenvalue weighted by atomic mass is 10.3. The molecule has 1 aromatic carbocycles. The maximum atomic E-state index is 5.92. The van der Waals surface area contributed by atoms with Crippen LogP contribution in [0.25, 0.3) is 11.0 Å². The second-order valence-electron chi connectivity index (χ2n) is 5.46. The number of aromatic nitrogens is 2. The quantitative estimate of drug-likeness (QED) is 0.736. The molecule has 1 aromatic heterocycles. The van der Waals surface area contributed by atoms with Crippen LogP contribution < -0.4 is 0 Å². The van der Waals surface area contributed by atoms with Crippen LogP contribution in [0.15, 0.2) is 22.7 Å². The lowest BCUT2D eigenvalue weighted by molar-refractivity contribution is 0.309. The van der Waals surface area contributed by atoms with Gasteiger partial charge >= 0.3 is 0 Å². The molecule has 1 aliphatic carbocycles. The summed E-state index contributed by atoms with van der Waals surface area (Å²) in [6.07, 6.45) is 3.52. The van der Waals surface area contributed by atoms with Crippen molar-refractivity contribution >= 4 is 38.6 Å². The first-order valence-electron chi connectivity index (χ1n) is 7.10. The lowest BCUT2D eigenvalue weighted by Crippen LogP contribution is -2.25. The Morgan fingerprint density at radius 2 is 2.25 bits per heavy atom. The summed E-state index contributed by atoms with van der Waals surface area (Å²) in [7, 11) is 2.22. The molecular weight excluding hydrogens is 338 g/mol. The van der Waals surface area contributed by atoms with E-state index in [0.29, 0.717) is 5.88 Å². The highest BCUT2D eigenvalue weighted by Crippen LogP contribution is 2.26. The van der Waals surface area contributed by atoms with Gasteiger partial charge in [0.25, 0.3) is 0 Å². The van der Waals surface area contributed by atoms with Gasteiger partial charge in [-0.15, -0.1) is 11.6 Å². The summed E-state index contributed by atoms with van der Waals surface area (Å²) >= 11 is 9.47. The zero-order chi connectivity index (χ0) is 14.1. The number of alkyl halides is 1. The minimum absolute atomic E-state index is 0.614. The van der Waals surface area contributed by atoms with Crippen molar-refractivity contribution in [1.29, 1.82) is 0 Å². The van der Waals surface area contributed by atoms with E-state index in [2.05, 4.69) is 44.6 Å². The number of rotatable bonds is 6. The fraction of sp³-hybridized carbons (Fsp3) is 0.533. The maximum absolute atomic E-state index is 5.92. The van der Waals surface area contributed by atoms with Crippen LogP contribution >= 0.6 is 27.5 Å². The van der Waals surface area contributed by atoms with Gasteiger partial charge in [-0.05, 0) is 38.1 Å². The number of fused-ring (bicyclic) bond motifs is 1. The van der Waals surface area contributed by atoms with Crippen LogP contribution in [0.3, 0.4) is 0 Å². The smallest absolute Gasteiger partial charge is 0.111 e. The molecule has 0 amide bonds. The van der Waals surface area contributed by atoms with Crippen molar-refractivity contribution in [3.8, 4) is 0 Å². The molecule has 0 aliphatic heterocycles. The van der Waals surface area contributed by atoms with Crippen LogP contribution in [0.4, 0.5) is 0 Å². The van der Waals surface area contributed by atoms with E-state index in [1.54, 1.807) is 0 Å². The maximum Gasteiger partial charge on any atom is 0.111 e. The lowest BCUT2D eigenvalue weighted by Gasteiger charge is -2.17. The predicted octanol–water partition coefficient (Wildman–Crippen LogP) is 3.67. The first-order chi connectivity index (χ1) is 9.69. The van der Waals surface area contributed by atoms with Gasteiger partial charge in [0.2, 0.25) is 0 Å². The standard InChI is InChI=1S/C15H19BrClN3/c1-19(12-3-4-12)8-9-20-14-10-11(16)2-5-13(14)18-15(20)6-7-17/h2,5,10,12H,3-4,6-9H2,1H3. The van der Waals surface area contributed by atoms with E-state index >= 15 is 0 Å². The molecule has 1 aliphatic rings. The molecule has 2 aromatic rings. The van der Waals surface area contributed by atoms with Gasteiger partial charge in [-0.2, -0.15) is 0 Å². The van der Waals surface area contributed by atoms with Gasteiger partial charge in [-0.1, -0.05) is 15.9 Å². The Balaban J connectivity index is 1.88. The summed E-state index contributed by atoms with van der Waals surface area (Å²) in [6.45, 7) is 2.05. The minimum atomic E-state index is 0.614. The molecule has 0 atom stereocenters. The molecule has 1 heterocycles. The fourth-order valence-corrected chi connectivity index (χ4v) is 3.14. The Kier molecular flexibility index (Phi) is 4.34. The van der Waals surface area contributed by atoms with E-state index in [1.807, 2.05) is 6.07 Å². The summed E-state index contributed by atoms with van der Waals surface area (Å²) < 4.78 is 3.42. The second kappa shape index (κ2) is 6.04. The predicted molar refractivity (Wildman–Crippen MR) is 87.5 cm³/mol. The average molecular weight is 357 g/mol. The SMILES string of the molecule is CN(CCn1c(CCCl)nc2ccc(Br)cc21)C1CC1. The molecule has 1 fully saturated rings. The third kappa shape index (κ3) is 3.02. The van der Waals surface area contributed by atoms with Crippen molar-refractivity contribution in [3.63, 3.8) is 0 Å². The summed E-state index contributed by atoms with van der Waals surface area (Å²) in [5.74, 6) is 1.71. The van der Waals surface area contributed by atoms with Crippen LogP contribution in [0.1, 0.15) is 18.7 Å². The van der Waals surface area contributed by atoms with Crippen LogP contribution in [-0.4, -0.2) is 40.0 Å². The molecule has 20 heavy (non-hydrogen) atoms. The molecule has 0 saturated heterocycles. The third-order valence-corrected chi connectivity index (χ3v) is 4.64. The molecule has 1 saturated carbocycles. The molecule has 5 heteroatoms. The molecular formula is C15H19BrClN3. The van der Waals surface area contributed by atoms with Gasteiger partial charge in [0.05, 0.1) is 11.0 Å². The highest BCUT2D eigenvalue weighted by molar-refractivity contribution is 9.10. The van der Waals surface area contributed by atoms with Crippen molar-refractivity contribution in [1.82, 2.24) is 14.5 Å². The normalized spacial score (nSPS) is 15.4. The molecule has 3 rings (SSSR count). The largest absolute Gasteiger partial charge is 0.327 e. The highest BCUT2D eigenvalue weighted by Gasteiger charge is 2.25. The summed E-state index contributed by atoms with van der Waals surface area (Å²) in [6, 6.07) is 7.06.